The number of carbonyl (C=O) groups excluding carboxylic acids is 1. The van der Waals surface area contributed by atoms with Gasteiger partial charge in [0.25, 0.3) is 0 Å². The van der Waals surface area contributed by atoms with Crippen LogP contribution >= 0.6 is 0 Å². The van der Waals surface area contributed by atoms with Crippen molar-refractivity contribution in [3.8, 4) is 0 Å². The van der Waals surface area contributed by atoms with Crippen molar-refractivity contribution < 1.29 is 13.6 Å². The molecule has 1 saturated heterocycles. The fourth-order valence-electron chi connectivity index (χ4n) is 1.89. The molecule has 0 unspecified atom stereocenters. The van der Waals surface area contributed by atoms with Gasteiger partial charge in [-0.2, -0.15) is 0 Å². The molecule has 0 radical (unpaired) electrons. The molecule has 4 heteroatoms. The quantitative estimate of drug-likeness (QED) is 0.750. The van der Waals surface area contributed by atoms with E-state index in [0.717, 1.165) is 12.8 Å². The van der Waals surface area contributed by atoms with E-state index in [0.29, 0.717) is 13.1 Å². The van der Waals surface area contributed by atoms with Crippen LogP contribution in [0.25, 0.3) is 0 Å². The lowest BCUT2D eigenvalue weighted by Crippen LogP contribution is -2.56. The van der Waals surface area contributed by atoms with Gasteiger partial charge in [0.05, 0.1) is 5.54 Å². The maximum absolute atomic E-state index is 11.8. The SMILES string of the molecule is [2H]C([2H])([2H])N1CCC[C@@](C)(NC(=O)OC(C)(C)C)C1. The summed E-state index contributed by atoms with van der Waals surface area (Å²) in [5.74, 6) is 0. The average Bonchev–Trinajstić information content (AvgIpc) is 2.11. The molecule has 0 spiro atoms. The average molecular weight is 231 g/mol. The molecule has 0 aromatic carbocycles. The zero-order valence-electron chi connectivity index (χ0n) is 13.6. The van der Waals surface area contributed by atoms with Crippen LogP contribution < -0.4 is 5.32 Å². The summed E-state index contributed by atoms with van der Waals surface area (Å²) in [6.45, 7) is 5.97. The first-order valence-corrected chi connectivity index (χ1v) is 5.68. The smallest absolute Gasteiger partial charge is 0.408 e. The molecule has 0 bridgehead atoms. The van der Waals surface area contributed by atoms with Crippen molar-refractivity contribution in [2.75, 3.05) is 20.1 Å². The third-order valence-corrected chi connectivity index (χ3v) is 2.50. The minimum atomic E-state index is -2.11. The third-order valence-electron chi connectivity index (χ3n) is 2.50. The van der Waals surface area contributed by atoms with Gasteiger partial charge in [-0.05, 0) is 54.1 Å². The maximum Gasteiger partial charge on any atom is 0.408 e. The van der Waals surface area contributed by atoms with Crippen molar-refractivity contribution in [3.05, 3.63) is 0 Å². The Kier molecular flexibility index (Phi) is 2.68. The van der Waals surface area contributed by atoms with Crippen LogP contribution in [0.5, 0.6) is 0 Å². The highest BCUT2D eigenvalue weighted by Crippen LogP contribution is 2.20. The normalized spacial score (nSPS) is 31.1. The number of likely N-dealkylation sites (tertiary alicyclic amines) is 1. The number of alkyl carbamates (subject to hydrolysis) is 1. The van der Waals surface area contributed by atoms with Crippen LogP contribution in [-0.4, -0.2) is 42.2 Å². The van der Waals surface area contributed by atoms with E-state index in [4.69, 9.17) is 8.85 Å². The van der Waals surface area contributed by atoms with Crippen LogP contribution in [0.15, 0.2) is 0 Å². The second-order valence-corrected chi connectivity index (χ2v) is 5.71. The van der Waals surface area contributed by atoms with E-state index in [1.165, 1.54) is 4.90 Å². The highest BCUT2D eigenvalue weighted by atomic mass is 16.6. The lowest BCUT2D eigenvalue weighted by molar-refractivity contribution is 0.0405. The van der Waals surface area contributed by atoms with Crippen LogP contribution in [0, 0.1) is 0 Å². The summed E-state index contributed by atoms with van der Waals surface area (Å²) in [5.41, 5.74) is -1.12. The van der Waals surface area contributed by atoms with Crippen molar-refractivity contribution in [3.63, 3.8) is 0 Å². The van der Waals surface area contributed by atoms with Gasteiger partial charge in [0.1, 0.15) is 5.60 Å². The van der Waals surface area contributed by atoms with E-state index in [9.17, 15) is 4.79 Å². The monoisotopic (exact) mass is 231 g/mol. The Labute approximate surface area is 103 Å². The lowest BCUT2D eigenvalue weighted by Gasteiger charge is -2.39. The van der Waals surface area contributed by atoms with Gasteiger partial charge in [-0.3, -0.25) is 0 Å². The second-order valence-electron chi connectivity index (χ2n) is 5.71. The lowest BCUT2D eigenvalue weighted by atomic mass is 9.92. The minimum Gasteiger partial charge on any atom is -0.444 e. The van der Waals surface area contributed by atoms with Gasteiger partial charge in [-0.1, -0.05) is 0 Å². The van der Waals surface area contributed by atoms with Crippen molar-refractivity contribution in [1.29, 1.82) is 0 Å². The standard InChI is InChI=1S/C12H24N2O2/c1-11(2,3)16-10(15)13-12(4)7-6-8-14(5)9-12/h6-9H2,1-5H3,(H,13,15)/t12-/m1/s1/i5D3. The Morgan fingerprint density at radius 3 is 2.81 bits per heavy atom. The van der Waals surface area contributed by atoms with Crippen LogP contribution in [0.2, 0.25) is 0 Å². The zero-order chi connectivity index (χ0) is 14.9. The number of amides is 1. The molecule has 94 valence electrons. The molecule has 1 rings (SSSR count). The first kappa shape index (κ1) is 9.28. The summed E-state index contributed by atoms with van der Waals surface area (Å²) in [7, 11) is 0. The molecule has 0 aromatic heterocycles. The first-order chi connectivity index (χ1) is 8.41. The van der Waals surface area contributed by atoms with Crippen molar-refractivity contribution >= 4 is 6.09 Å². The molecule has 1 heterocycles. The van der Waals surface area contributed by atoms with Crippen molar-refractivity contribution in [2.45, 2.75) is 51.7 Å². The number of piperidine rings is 1. The highest BCUT2D eigenvalue weighted by molar-refractivity contribution is 5.68. The number of likely N-dealkylation sites (N-methyl/N-ethyl adjacent to an activating group) is 1. The highest BCUT2D eigenvalue weighted by Gasteiger charge is 2.32. The van der Waals surface area contributed by atoms with E-state index in [-0.39, 0.29) is 0 Å². The molecule has 0 aliphatic carbocycles. The molecule has 0 saturated carbocycles. The topological polar surface area (TPSA) is 41.6 Å². The number of nitrogens with one attached hydrogen (secondary N) is 1. The molecular weight excluding hydrogens is 204 g/mol. The van der Waals surface area contributed by atoms with Gasteiger partial charge in [0.15, 0.2) is 0 Å². The molecule has 0 aromatic rings. The van der Waals surface area contributed by atoms with Crippen LogP contribution in [0.1, 0.15) is 44.6 Å². The van der Waals surface area contributed by atoms with E-state index in [1.807, 2.05) is 6.92 Å². The van der Waals surface area contributed by atoms with Gasteiger partial charge < -0.3 is 15.0 Å². The number of hydrogen-bond donors (Lipinski definition) is 1. The number of carbonyl (C=O) groups is 1. The van der Waals surface area contributed by atoms with Gasteiger partial charge in [0, 0.05) is 10.7 Å². The van der Waals surface area contributed by atoms with E-state index >= 15 is 0 Å². The number of hydrogen-bond acceptors (Lipinski definition) is 3. The van der Waals surface area contributed by atoms with Crippen LogP contribution in [0.4, 0.5) is 4.79 Å². The van der Waals surface area contributed by atoms with Crippen molar-refractivity contribution in [2.24, 2.45) is 0 Å². The van der Waals surface area contributed by atoms with Crippen LogP contribution in [-0.2, 0) is 4.74 Å². The largest absolute Gasteiger partial charge is 0.444 e. The van der Waals surface area contributed by atoms with Gasteiger partial charge >= 0.3 is 6.09 Å². The Balaban J connectivity index is 2.63. The molecule has 1 aliphatic heterocycles. The van der Waals surface area contributed by atoms with E-state index in [2.05, 4.69) is 5.32 Å². The van der Waals surface area contributed by atoms with Gasteiger partial charge in [-0.25, -0.2) is 4.79 Å². The molecular formula is C12H24N2O2. The first-order valence-electron chi connectivity index (χ1n) is 7.18. The number of rotatable bonds is 1. The molecule has 4 nitrogen and oxygen atoms in total. The Morgan fingerprint density at radius 1 is 1.56 bits per heavy atom. The van der Waals surface area contributed by atoms with E-state index in [1.54, 1.807) is 20.8 Å². The molecule has 1 amide bonds. The fourth-order valence-corrected chi connectivity index (χ4v) is 1.89. The number of nitrogens with zero attached hydrogens (tertiary/aromatic N) is 1. The second kappa shape index (κ2) is 4.62. The molecule has 1 N–H and O–H groups in total. The predicted molar refractivity (Wildman–Crippen MR) is 64.5 cm³/mol. The maximum atomic E-state index is 11.8. The molecule has 1 fully saturated rings. The summed E-state index contributed by atoms with van der Waals surface area (Å²) >= 11 is 0. The summed E-state index contributed by atoms with van der Waals surface area (Å²) < 4.78 is 27.6. The van der Waals surface area contributed by atoms with Crippen LogP contribution in [0.3, 0.4) is 0 Å². The van der Waals surface area contributed by atoms with Gasteiger partial charge in [0.2, 0.25) is 0 Å². The summed E-state index contributed by atoms with van der Waals surface area (Å²) in [4.78, 5) is 13.2. The van der Waals surface area contributed by atoms with E-state index < -0.39 is 24.2 Å². The minimum absolute atomic E-state index is 0.308. The molecule has 1 atom stereocenters. The summed E-state index contributed by atoms with van der Waals surface area (Å²) in [6.07, 6.45) is 0.992. The third kappa shape index (κ3) is 4.39. The fraction of sp³-hybridized carbons (Fsp3) is 0.917. The molecule has 16 heavy (non-hydrogen) atoms. The molecule has 1 aliphatic rings. The number of ether oxygens (including phenoxy) is 1. The summed E-state index contributed by atoms with van der Waals surface area (Å²) in [6, 6.07) is 0. The summed E-state index contributed by atoms with van der Waals surface area (Å²) in [5, 5.41) is 2.80. The predicted octanol–water partition coefficient (Wildman–Crippen LogP) is 2.00. The Morgan fingerprint density at radius 2 is 2.25 bits per heavy atom. The van der Waals surface area contributed by atoms with Crippen molar-refractivity contribution in [1.82, 2.24) is 10.2 Å². The van der Waals surface area contributed by atoms with Gasteiger partial charge in [-0.15, -0.1) is 0 Å². The Bertz CT molecular complexity index is 339. The Hall–Kier alpha value is -0.770. The zero-order valence-corrected chi connectivity index (χ0v) is 10.6.